The average Bonchev–Trinajstić information content (AvgIpc) is 2.81. The van der Waals surface area contributed by atoms with E-state index in [-0.39, 0.29) is 18.0 Å². The summed E-state index contributed by atoms with van der Waals surface area (Å²) in [6, 6.07) is 0.949. The highest BCUT2D eigenvalue weighted by Gasteiger charge is 2.38. The Labute approximate surface area is 111 Å². The average molecular weight is 252 g/mol. The van der Waals surface area contributed by atoms with Gasteiger partial charge in [-0.2, -0.15) is 0 Å². The Morgan fingerprint density at radius 3 is 2.72 bits per heavy atom. The first-order valence-corrected chi connectivity index (χ1v) is 7.68. The zero-order valence-corrected chi connectivity index (χ0v) is 12.0. The molecule has 18 heavy (non-hydrogen) atoms. The van der Waals surface area contributed by atoms with Gasteiger partial charge in [-0.05, 0) is 38.0 Å². The highest BCUT2D eigenvalue weighted by atomic mass is 16.2. The van der Waals surface area contributed by atoms with Crippen molar-refractivity contribution in [2.45, 2.75) is 77.4 Å². The second-order valence-corrected chi connectivity index (χ2v) is 6.29. The molecule has 0 aromatic carbocycles. The summed E-state index contributed by atoms with van der Waals surface area (Å²) < 4.78 is 0. The van der Waals surface area contributed by atoms with Crippen LogP contribution >= 0.6 is 0 Å². The Morgan fingerprint density at radius 1 is 1.33 bits per heavy atom. The molecule has 1 aliphatic carbocycles. The molecule has 2 N–H and O–H groups in total. The molecule has 0 aromatic rings. The Kier molecular flexibility index (Phi) is 4.66. The monoisotopic (exact) mass is 252 g/mol. The molecule has 1 saturated heterocycles. The fraction of sp³-hybridized carbons (Fsp3) is 0.933. The van der Waals surface area contributed by atoms with Gasteiger partial charge >= 0.3 is 0 Å². The third kappa shape index (κ3) is 3.05. The third-order valence-electron chi connectivity index (χ3n) is 5.05. The van der Waals surface area contributed by atoms with Gasteiger partial charge < -0.3 is 10.6 Å². The first-order chi connectivity index (χ1) is 8.61. The van der Waals surface area contributed by atoms with Crippen LogP contribution < -0.4 is 10.6 Å². The normalized spacial score (nSPS) is 34.7. The SMILES string of the molecule is CCC(C)C(C)NC(=O)C1CC2CCCCC2N1. The van der Waals surface area contributed by atoms with Crippen LogP contribution in [0.25, 0.3) is 0 Å². The predicted molar refractivity (Wildman–Crippen MR) is 74.3 cm³/mol. The molecule has 2 fully saturated rings. The molecule has 3 heteroatoms. The Hall–Kier alpha value is -0.570. The van der Waals surface area contributed by atoms with Crippen molar-refractivity contribution in [1.29, 1.82) is 0 Å². The van der Waals surface area contributed by atoms with Crippen molar-refractivity contribution in [1.82, 2.24) is 10.6 Å². The molecule has 5 unspecified atom stereocenters. The molecule has 3 nitrogen and oxygen atoms in total. The van der Waals surface area contributed by atoms with Crippen LogP contribution in [-0.4, -0.2) is 24.0 Å². The Balaban J connectivity index is 1.83. The van der Waals surface area contributed by atoms with Crippen molar-refractivity contribution >= 4 is 5.91 Å². The van der Waals surface area contributed by atoms with Gasteiger partial charge in [0.05, 0.1) is 6.04 Å². The van der Waals surface area contributed by atoms with Gasteiger partial charge in [0.1, 0.15) is 0 Å². The van der Waals surface area contributed by atoms with Crippen molar-refractivity contribution < 1.29 is 4.79 Å². The summed E-state index contributed by atoms with van der Waals surface area (Å²) in [4.78, 5) is 12.2. The largest absolute Gasteiger partial charge is 0.352 e. The Bertz CT molecular complexity index is 278. The molecule has 104 valence electrons. The van der Waals surface area contributed by atoms with E-state index in [4.69, 9.17) is 0 Å². The second kappa shape index (κ2) is 6.05. The standard InChI is InChI=1S/C15H28N2O/c1-4-10(2)11(3)16-15(18)14-9-12-7-5-6-8-13(12)17-14/h10-14,17H,4-9H2,1-3H3,(H,16,18). The van der Waals surface area contributed by atoms with Gasteiger partial charge in [0.25, 0.3) is 0 Å². The number of amides is 1. The lowest BCUT2D eigenvalue weighted by molar-refractivity contribution is -0.123. The number of nitrogens with one attached hydrogen (secondary N) is 2. The number of hydrogen-bond acceptors (Lipinski definition) is 2. The third-order valence-corrected chi connectivity index (χ3v) is 5.05. The topological polar surface area (TPSA) is 41.1 Å². The number of fused-ring (bicyclic) bond motifs is 1. The molecular weight excluding hydrogens is 224 g/mol. The van der Waals surface area contributed by atoms with Crippen LogP contribution in [0.4, 0.5) is 0 Å². The zero-order valence-electron chi connectivity index (χ0n) is 12.0. The maximum atomic E-state index is 12.2. The van der Waals surface area contributed by atoms with Crippen LogP contribution in [0.3, 0.4) is 0 Å². The number of carbonyl (C=O) groups excluding carboxylic acids is 1. The molecule has 0 spiro atoms. The van der Waals surface area contributed by atoms with E-state index < -0.39 is 0 Å². The number of hydrogen-bond donors (Lipinski definition) is 2. The number of carbonyl (C=O) groups is 1. The molecule has 1 heterocycles. The van der Waals surface area contributed by atoms with Crippen LogP contribution in [0.1, 0.15) is 59.3 Å². The van der Waals surface area contributed by atoms with Crippen LogP contribution in [0, 0.1) is 11.8 Å². The summed E-state index contributed by atoms with van der Waals surface area (Å²) in [6.45, 7) is 6.50. The molecule has 1 saturated carbocycles. The molecular formula is C15H28N2O. The summed E-state index contributed by atoms with van der Waals surface area (Å²) in [5.74, 6) is 1.52. The van der Waals surface area contributed by atoms with Gasteiger partial charge in [-0.25, -0.2) is 0 Å². The van der Waals surface area contributed by atoms with Crippen LogP contribution in [0.5, 0.6) is 0 Å². The van der Waals surface area contributed by atoms with E-state index in [1.165, 1.54) is 25.7 Å². The molecule has 2 aliphatic rings. The fourth-order valence-electron chi connectivity index (χ4n) is 3.34. The highest BCUT2D eigenvalue weighted by Crippen LogP contribution is 2.33. The van der Waals surface area contributed by atoms with Gasteiger partial charge in [0.15, 0.2) is 0 Å². The molecule has 0 radical (unpaired) electrons. The van der Waals surface area contributed by atoms with E-state index in [0.717, 1.165) is 18.8 Å². The van der Waals surface area contributed by atoms with Crippen molar-refractivity contribution in [3.63, 3.8) is 0 Å². The lowest BCUT2D eigenvalue weighted by Crippen LogP contribution is -2.47. The minimum Gasteiger partial charge on any atom is -0.352 e. The summed E-state index contributed by atoms with van der Waals surface area (Å²) >= 11 is 0. The molecule has 1 aliphatic heterocycles. The van der Waals surface area contributed by atoms with Gasteiger partial charge in [0.2, 0.25) is 5.91 Å². The van der Waals surface area contributed by atoms with Crippen molar-refractivity contribution in [2.24, 2.45) is 11.8 Å². The fourth-order valence-corrected chi connectivity index (χ4v) is 3.34. The van der Waals surface area contributed by atoms with Crippen molar-refractivity contribution in [3.05, 3.63) is 0 Å². The summed E-state index contributed by atoms with van der Waals surface area (Å²) in [5, 5.41) is 6.72. The maximum Gasteiger partial charge on any atom is 0.237 e. The van der Waals surface area contributed by atoms with E-state index in [1.807, 2.05) is 0 Å². The summed E-state index contributed by atoms with van der Waals surface area (Å²) in [5.41, 5.74) is 0. The van der Waals surface area contributed by atoms with E-state index >= 15 is 0 Å². The predicted octanol–water partition coefficient (Wildman–Crippen LogP) is 2.46. The van der Waals surface area contributed by atoms with Crippen molar-refractivity contribution in [2.75, 3.05) is 0 Å². The van der Waals surface area contributed by atoms with Crippen LogP contribution in [0.2, 0.25) is 0 Å². The molecule has 2 rings (SSSR count). The van der Waals surface area contributed by atoms with E-state index in [9.17, 15) is 4.79 Å². The quantitative estimate of drug-likeness (QED) is 0.807. The lowest BCUT2D eigenvalue weighted by Gasteiger charge is -2.24. The zero-order chi connectivity index (χ0) is 13.1. The smallest absolute Gasteiger partial charge is 0.237 e. The minimum absolute atomic E-state index is 0.0598. The van der Waals surface area contributed by atoms with E-state index in [0.29, 0.717) is 12.0 Å². The van der Waals surface area contributed by atoms with Gasteiger partial charge in [-0.1, -0.05) is 33.1 Å². The molecule has 0 bridgehead atoms. The van der Waals surface area contributed by atoms with Crippen LogP contribution in [-0.2, 0) is 4.79 Å². The summed E-state index contributed by atoms with van der Waals surface area (Å²) in [6.07, 6.45) is 7.40. The first-order valence-electron chi connectivity index (χ1n) is 7.68. The first kappa shape index (κ1) is 13.9. The highest BCUT2D eigenvalue weighted by molar-refractivity contribution is 5.82. The number of rotatable bonds is 4. The lowest BCUT2D eigenvalue weighted by atomic mass is 9.85. The van der Waals surface area contributed by atoms with Crippen LogP contribution in [0.15, 0.2) is 0 Å². The molecule has 0 aromatic heterocycles. The van der Waals surface area contributed by atoms with Gasteiger partial charge in [-0.3, -0.25) is 4.79 Å². The molecule has 1 amide bonds. The Morgan fingerprint density at radius 2 is 2.06 bits per heavy atom. The maximum absolute atomic E-state index is 12.2. The van der Waals surface area contributed by atoms with E-state index in [2.05, 4.69) is 31.4 Å². The van der Waals surface area contributed by atoms with Gasteiger partial charge in [0, 0.05) is 12.1 Å². The van der Waals surface area contributed by atoms with Gasteiger partial charge in [-0.15, -0.1) is 0 Å². The van der Waals surface area contributed by atoms with E-state index in [1.54, 1.807) is 0 Å². The summed E-state index contributed by atoms with van der Waals surface area (Å²) in [7, 11) is 0. The minimum atomic E-state index is 0.0598. The second-order valence-electron chi connectivity index (χ2n) is 6.29. The molecule has 5 atom stereocenters. The van der Waals surface area contributed by atoms with Crippen molar-refractivity contribution in [3.8, 4) is 0 Å².